The summed E-state index contributed by atoms with van der Waals surface area (Å²) in [5.41, 5.74) is -0.00649. The van der Waals surface area contributed by atoms with Crippen molar-refractivity contribution in [2.45, 2.75) is 58.7 Å². The number of hydrogen-bond donors (Lipinski definition) is 0. The molecule has 0 fully saturated rings. The van der Waals surface area contributed by atoms with Crippen LogP contribution in [0, 0.1) is 0 Å². The van der Waals surface area contributed by atoms with E-state index in [1.54, 1.807) is 7.11 Å². The van der Waals surface area contributed by atoms with Gasteiger partial charge in [0.2, 0.25) is 0 Å². The molecule has 2 unspecified atom stereocenters. The van der Waals surface area contributed by atoms with Crippen molar-refractivity contribution in [1.82, 2.24) is 0 Å². The first-order valence-corrected chi connectivity index (χ1v) is 5.24. The zero-order chi connectivity index (χ0) is 10.3. The van der Waals surface area contributed by atoms with Crippen molar-refractivity contribution in [1.29, 1.82) is 0 Å². The Morgan fingerprint density at radius 1 is 1.31 bits per heavy atom. The smallest absolute Gasteiger partial charge is 0.0670 e. The van der Waals surface area contributed by atoms with Crippen LogP contribution in [-0.4, -0.2) is 25.4 Å². The van der Waals surface area contributed by atoms with E-state index >= 15 is 0 Å². The first-order valence-electron chi connectivity index (χ1n) is 5.24. The highest BCUT2D eigenvalue weighted by molar-refractivity contribution is 4.72. The molecule has 0 aliphatic carbocycles. The SMILES string of the molecule is CCC(C)OCCC(C)(CC)OC. The zero-order valence-corrected chi connectivity index (χ0v) is 9.72. The second-order valence-corrected chi connectivity index (χ2v) is 3.85. The summed E-state index contributed by atoms with van der Waals surface area (Å²) in [6.07, 6.45) is 3.46. The van der Waals surface area contributed by atoms with Crippen LogP contribution in [0.2, 0.25) is 0 Å². The minimum atomic E-state index is -0.00649. The summed E-state index contributed by atoms with van der Waals surface area (Å²) in [7, 11) is 1.77. The van der Waals surface area contributed by atoms with E-state index in [2.05, 4.69) is 27.7 Å². The van der Waals surface area contributed by atoms with Gasteiger partial charge in [-0.15, -0.1) is 0 Å². The van der Waals surface area contributed by atoms with E-state index in [9.17, 15) is 0 Å². The Morgan fingerprint density at radius 3 is 2.31 bits per heavy atom. The highest BCUT2D eigenvalue weighted by Crippen LogP contribution is 2.18. The van der Waals surface area contributed by atoms with Crippen molar-refractivity contribution in [3.05, 3.63) is 0 Å². The van der Waals surface area contributed by atoms with Crippen LogP contribution in [0.3, 0.4) is 0 Å². The molecule has 0 saturated carbocycles. The lowest BCUT2D eigenvalue weighted by atomic mass is 9.99. The van der Waals surface area contributed by atoms with Gasteiger partial charge in [-0.05, 0) is 33.1 Å². The Morgan fingerprint density at radius 2 is 1.92 bits per heavy atom. The van der Waals surface area contributed by atoms with Crippen molar-refractivity contribution >= 4 is 0 Å². The lowest BCUT2D eigenvalue weighted by Crippen LogP contribution is -2.28. The van der Waals surface area contributed by atoms with Crippen LogP contribution in [0.1, 0.15) is 47.0 Å². The topological polar surface area (TPSA) is 18.5 Å². The molecule has 0 amide bonds. The summed E-state index contributed by atoms with van der Waals surface area (Å²) in [6, 6.07) is 0. The summed E-state index contributed by atoms with van der Waals surface area (Å²) in [5.74, 6) is 0. The Hall–Kier alpha value is -0.0800. The number of rotatable bonds is 7. The van der Waals surface area contributed by atoms with E-state index in [-0.39, 0.29) is 5.60 Å². The predicted molar refractivity (Wildman–Crippen MR) is 56.0 cm³/mol. The van der Waals surface area contributed by atoms with Crippen LogP contribution in [0.15, 0.2) is 0 Å². The predicted octanol–water partition coefficient (Wildman–Crippen LogP) is 3.01. The van der Waals surface area contributed by atoms with Gasteiger partial charge in [0.25, 0.3) is 0 Å². The van der Waals surface area contributed by atoms with Crippen LogP contribution in [0.4, 0.5) is 0 Å². The molecule has 0 aromatic carbocycles. The van der Waals surface area contributed by atoms with E-state index in [4.69, 9.17) is 9.47 Å². The monoisotopic (exact) mass is 188 g/mol. The molecule has 2 heteroatoms. The average Bonchev–Trinajstić information content (AvgIpc) is 2.17. The number of hydrogen-bond acceptors (Lipinski definition) is 2. The lowest BCUT2D eigenvalue weighted by Gasteiger charge is -2.27. The van der Waals surface area contributed by atoms with Crippen LogP contribution in [-0.2, 0) is 9.47 Å². The molecule has 2 atom stereocenters. The Kier molecular flexibility index (Phi) is 6.35. The van der Waals surface area contributed by atoms with Crippen LogP contribution >= 0.6 is 0 Å². The van der Waals surface area contributed by atoms with E-state index in [1.165, 1.54) is 0 Å². The van der Waals surface area contributed by atoms with Gasteiger partial charge in [0.1, 0.15) is 0 Å². The fourth-order valence-electron chi connectivity index (χ4n) is 1.02. The van der Waals surface area contributed by atoms with E-state index in [0.717, 1.165) is 25.9 Å². The maximum Gasteiger partial charge on any atom is 0.0670 e. The molecule has 0 heterocycles. The van der Waals surface area contributed by atoms with Crippen molar-refractivity contribution in [2.24, 2.45) is 0 Å². The molecule has 0 N–H and O–H groups in total. The summed E-state index contributed by atoms with van der Waals surface area (Å²) in [6.45, 7) is 9.32. The van der Waals surface area contributed by atoms with Gasteiger partial charge in [-0.1, -0.05) is 13.8 Å². The lowest BCUT2D eigenvalue weighted by molar-refractivity contribution is -0.0375. The summed E-state index contributed by atoms with van der Waals surface area (Å²) < 4.78 is 11.0. The van der Waals surface area contributed by atoms with E-state index in [1.807, 2.05) is 0 Å². The molecule has 0 aromatic rings. The van der Waals surface area contributed by atoms with Gasteiger partial charge in [0.05, 0.1) is 11.7 Å². The summed E-state index contributed by atoms with van der Waals surface area (Å²) in [4.78, 5) is 0. The second kappa shape index (κ2) is 6.39. The van der Waals surface area contributed by atoms with E-state index in [0.29, 0.717) is 6.10 Å². The van der Waals surface area contributed by atoms with Crippen LogP contribution < -0.4 is 0 Å². The van der Waals surface area contributed by atoms with Crippen molar-refractivity contribution < 1.29 is 9.47 Å². The van der Waals surface area contributed by atoms with Crippen molar-refractivity contribution in [3.8, 4) is 0 Å². The average molecular weight is 188 g/mol. The molecule has 0 radical (unpaired) electrons. The molecule has 13 heavy (non-hydrogen) atoms. The fourth-order valence-corrected chi connectivity index (χ4v) is 1.02. The highest BCUT2D eigenvalue weighted by atomic mass is 16.5. The van der Waals surface area contributed by atoms with Gasteiger partial charge >= 0.3 is 0 Å². The van der Waals surface area contributed by atoms with Crippen molar-refractivity contribution in [2.75, 3.05) is 13.7 Å². The molecule has 0 aliphatic rings. The minimum absolute atomic E-state index is 0.00649. The first kappa shape index (κ1) is 12.9. The summed E-state index contributed by atoms with van der Waals surface area (Å²) >= 11 is 0. The van der Waals surface area contributed by atoms with Crippen LogP contribution in [0.25, 0.3) is 0 Å². The first-order chi connectivity index (χ1) is 6.08. The van der Waals surface area contributed by atoms with Gasteiger partial charge < -0.3 is 9.47 Å². The zero-order valence-electron chi connectivity index (χ0n) is 9.72. The molecule has 0 saturated heterocycles. The number of ether oxygens (including phenoxy) is 2. The quantitative estimate of drug-likeness (QED) is 0.611. The minimum Gasteiger partial charge on any atom is -0.378 e. The Bertz CT molecular complexity index is 119. The highest BCUT2D eigenvalue weighted by Gasteiger charge is 2.20. The molecule has 0 aliphatic heterocycles. The van der Waals surface area contributed by atoms with Gasteiger partial charge in [-0.2, -0.15) is 0 Å². The maximum atomic E-state index is 5.61. The molecule has 0 aromatic heterocycles. The van der Waals surface area contributed by atoms with Gasteiger partial charge in [0, 0.05) is 13.7 Å². The van der Waals surface area contributed by atoms with Crippen molar-refractivity contribution in [3.63, 3.8) is 0 Å². The molecular formula is C11H24O2. The largest absolute Gasteiger partial charge is 0.378 e. The molecular weight excluding hydrogens is 164 g/mol. The standard InChI is InChI=1S/C11H24O2/c1-6-10(3)13-9-8-11(4,7-2)12-5/h10H,6-9H2,1-5H3. The van der Waals surface area contributed by atoms with E-state index < -0.39 is 0 Å². The molecule has 2 nitrogen and oxygen atoms in total. The third kappa shape index (κ3) is 5.27. The summed E-state index contributed by atoms with van der Waals surface area (Å²) in [5, 5.41) is 0. The van der Waals surface area contributed by atoms with Gasteiger partial charge in [-0.3, -0.25) is 0 Å². The number of methoxy groups -OCH3 is 1. The molecule has 0 rings (SSSR count). The van der Waals surface area contributed by atoms with Gasteiger partial charge in [-0.25, -0.2) is 0 Å². The van der Waals surface area contributed by atoms with Gasteiger partial charge in [0.15, 0.2) is 0 Å². The maximum absolute atomic E-state index is 5.61. The Labute approximate surface area is 82.6 Å². The second-order valence-electron chi connectivity index (χ2n) is 3.85. The fraction of sp³-hybridized carbons (Fsp3) is 1.00. The molecule has 80 valence electrons. The normalized spacial score (nSPS) is 18.2. The third-order valence-corrected chi connectivity index (χ3v) is 2.85. The molecule has 0 spiro atoms. The Balaban J connectivity index is 3.61. The molecule has 0 bridgehead atoms. The third-order valence-electron chi connectivity index (χ3n) is 2.85. The van der Waals surface area contributed by atoms with Crippen LogP contribution in [0.5, 0.6) is 0 Å².